The molecule has 1 aliphatic heterocycles. The zero-order valence-electron chi connectivity index (χ0n) is 19.4. The van der Waals surface area contributed by atoms with Crippen molar-refractivity contribution in [2.45, 2.75) is 44.7 Å². The number of nitrogens with one attached hydrogen (secondary N) is 2. The van der Waals surface area contributed by atoms with E-state index in [1.54, 1.807) is 12.4 Å². The second-order valence-corrected chi connectivity index (χ2v) is 9.22. The number of hydrogen-bond acceptors (Lipinski definition) is 7. The monoisotopic (exact) mass is 483 g/mol. The minimum atomic E-state index is -2.69. The van der Waals surface area contributed by atoms with Gasteiger partial charge in [0.1, 0.15) is 0 Å². The van der Waals surface area contributed by atoms with E-state index in [0.29, 0.717) is 6.42 Å². The molecular formula is C24H27F2N7O2. The third kappa shape index (κ3) is 5.14. The van der Waals surface area contributed by atoms with E-state index in [9.17, 15) is 18.4 Å². The Morgan fingerprint density at radius 2 is 1.83 bits per heavy atom. The number of rotatable bonds is 6. The fourth-order valence-corrected chi connectivity index (χ4v) is 4.55. The van der Waals surface area contributed by atoms with Crippen LogP contribution in [0.5, 0.6) is 0 Å². The van der Waals surface area contributed by atoms with Crippen molar-refractivity contribution in [3.63, 3.8) is 0 Å². The molecule has 5 rings (SSSR count). The second kappa shape index (κ2) is 9.29. The highest BCUT2D eigenvalue weighted by Gasteiger charge is 2.46. The molecule has 0 atom stereocenters. The van der Waals surface area contributed by atoms with Crippen LogP contribution in [0.25, 0.3) is 11.0 Å². The predicted octanol–water partition coefficient (Wildman–Crippen LogP) is 2.13. The number of fused-ring (bicyclic) bond motifs is 1. The molecule has 9 nitrogen and oxygen atoms in total. The van der Waals surface area contributed by atoms with Crippen LogP contribution in [0.3, 0.4) is 0 Å². The van der Waals surface area contributed by atoms with Gasteiger partial charge in [0.2, 0.25) is 5.82 Å². The lowest BCUT2D eigenvalue weighted by Crippen LogP contribution is -2.50. The maximum atomic E-state index is 12.9. The molecule has 184 valence electrons. The summed E-state index contributed by atoms with van der Waals surface area (Å²) in [5.41, 5.74) is 4.05. The number of aromatic amines is 1. The summed E-state index contributed by atoms with van der Waals surface area (Å²) in [6, 6.07) is 3.30. The van der Waals surface area contributed by atoms with Crippen molar-refractivity contribution in [2.24, 2.45) is 0 Å². The third-order valence-electron chi connectivity index (χ3n) is 6.62. The second-order valence-electron chi connectivity index (χ2n) is 9.22. The van der Waals surface area contributed by atoms with E-state index in [0.717, 1.165) is 60.6 Å². The molecule has 0 bridgehead atoms. The largest absolute Gasteiger partial charge is 0.366 e. The van der Waals surface area contributed by atoms with Crippen LogP contribution in [-0.2, 0) is 13.0 Å². The predicted molar refractivity (Wildman–Crippen MR) is 127 cm³/mol. The Kier molecular flexibility index (Phi) is 6.18. The molecule has 2 fully saturated rings. The van der Waals surface area contributed by atoms with Crippen molar-refractivity contribution in [3.05, 3.63) is 58.0 Å². The summed E-state index contributed by atoms with van der Waals surface area (Å²) >= 11 is 0. The number of H-pyrrole nitrogens is 1. The Morgan fingerprint density at radius 1 is 1.11 bits per heavy atom. The number of nitrogens with zero attached hydrogens (tertiary/aromatic N) is 5. The Bertz CT molecular complexity index is 1280. The van der Waals surface area contributed by atoms with Gasteiger partial charge in [-0.25, -0.2) is 18.7 Å². The number of anilines is 1. The number of amides is 1. The first kappa shape index (κ1) is 23.3. The van der Waals surface area contributed by atoms with Gasteiger partial charge in [-0.2, -0.15) is 0 Å². The van der Waals surface area contributed by atoms with Crippen LogP contribution < -0.4 is 15.8 Å². The summed E-state index contributed by atoms with van der Waals surface area (Å²) in [4.78, 5) is 44.5. The van der Waals surface area contributed by atoms with E-state index < -0.39 is 17.9 Å². The van der Waals surface area contributed by atoms with E-state index in [4.69, 9.17) is 0 Å². The maximum Gasteiger partial charge on any atom is 0.289 e. The van der Waals surface area contributed by atoms with Crippen LogP contribution >= 0.6 is 0 Å². The van der Waals surface area contributed by atoms with Crippen LogP contribution in [0.1, 0.15) is 41.5 Å². The van der Waals surface area contributed by atoms with E-state index in [1.165, 1.54) is 0 Å². The Balaban J connectivity index is 1.15. The highest BCUT2D eigenvalue weighted by atomic mass is 19.3. The maximum absolute atomic E-state index is 12.9. The summed E-state index contributed by atoms with van der Waals surface area (Å²) in [6.07, 6.45) is 5.04. The van der Waals surface area contributed by atoms with Gasteiger partial charge in [0, 0.05) is 63.4 Å². The average molecular weight is 484 g/mol. The average Bonchev–Trinajstić information content (AvgIpc) is 2.83. The Hall–Kier alpha value is -3.47. The standard InChI is InChI=1S/C24H27F2N7O2/c1-2-16-8-19-20(31-22(16)34)7-15(11-27-19)14-32-3-5-33(6-4-32)18-12-28-21(29-13-18)23(35)30-17-9-24(25,26)10-17/h7-8,11-13,17H,2-6,9-10,14H2,1H3,(H,30,35)(H,31,34). The number of pyridine rings is 2. The summed E-state index contributed by atoms with van der Waals surface area (Å²) in [5, 5.41) is 2.55. The highest BCUT2D eigenvalue weighted by molar-refractivity contribution is 5.90. The first-order chi connectivity index (χ1) is 16.8. The molecule has 0 spiro atoms. The van der Waals surface area contributed by atoms with Gasteiger partial charge >= 0.3 is 0 Å². The number of piperazine rings is 1. The van der Waals surface area contributed by atoms with E-state index >= 15 is 0 Å². The van der Waals surface area contributed by atoms with Gasteiger partial charge in [0.15, 0.2) is 0 Å². The summed E-state index contributed by atoms with van der Waals surface area (Å²) in [6.45, 7) is 5.85. The van der Waals surface area contributed by atoms with Crippen molar-refractivity contribution < 1.29 is 13.6 Å². The van der Waals surface area contributed by atoms with Crippen LogP contribution in [0.2, 0.25) is 0 Å². The number of carbonyl (C=O) groups excluding carboxylic acids is 1. The zero-order valence-corrected chi connectivity index (χ0v) is 19.4. The van der Waals surface area contributed by atoms with E-state index in [1.807, 2.05) is 25.3 Å². The van der Waals surface area contributed by atoms with Gasteiger partial charge in [-0.05, 0) is 24.1 Å². The third-order valence-corrected chi connectivity index (χ3v) is 6.62. The van der Waals surface area contributed by atoms with Crippen molar-refractivity contribution >= 4 is 22.6 Å². The van der Waals surface area contributed by atoms with Gasteiger partial charge in [-0.3, -0.25) is 19.5 Å². The molecule has 0 radical (unpaired) electrons. The first-order valence-corrected chi connectivity index (χ1v) is 11.8. The number of hydrogen-bond donors (Lipinski definition) is 2. The summed E-state index contributed by atoms with van der Waals surface area (Å²) in [5.74, 6) is -3.23. The fraction of sp³-hybridized carbons (Fsp3) is 0.458. The lowest BCUT2D eigenvalue weighted by molar-refractivity contribution is -0.0902. The van der Waals surface area contributed by atoms with E-state index in [-0.39, 0.29) is 24.2 Å². The van der Waals surface area contributed by atoms with Crippen molar-refractivity contribution in [3.8, 4) is 0 Å². The number of aryl methyl sites for hydroxylation is 1. The molecule has 0 aromatic carbocycles. The molecule has 2 aliphatic rings. The lowest BCUT2D eigenvalue weighted by atomic mass is 9.88. The van der Waals surface area contributed by atoms with E-state index in [2.05, 4.69) is 35.1 Å². The van der Waals surface area contributed by atoms with Gasteiger partial charge < -0.3 is 15.2 Å². The zero-order chi connectivity index (χ0) is 24.6. The van der Waals surface area contributed by atoms with Crippen LogP contribution in [0, 0.1) is 0 Å². The smallest absolute Gasteiger partial charge is 0.289 e. The molecule has 4 heterocycles. The van der Waals surface area contributed by atoms with Crippen LogP contribution in [-0.4, -0.2) is 68.9 Å². The molecular weight excluding hydrogens is 456 g/mol. The Morgan fingerprint density at radius 3 is 2.49 bits per heavy atom. The SMILES string of the molecule is CCc1cc2ncc(CN3CCN(c4cnc(C(=O)NC5CC(F)(F)C5)nc4)CC3)cc2[nH]c1=O. The van der Waals surface area contributed by atoms with Crippen molar-refractivity contribution in [1.29, 1.82) is 0 Å². The Labute approximate surface area is 200 Å². The lowest BCUT2D eigenvalue weighted by Gasteiger charge is -2.36. The molecule has 11 heteroatoms. The topological polar surface area (TPSA) is 107 Å². The van der Waals surface area contributed by atoms with Crippen LogP contribution in [0.4, 0.5) is 14.5 Å². The summed E-state index contributed by atoms with van der Waals surface area (Å²) < 4.78 is 25.9. The molecule has 35 heavy (non-hydrogen) atoms. The molecule has 1 saturated heterocycles. The summed E-state index contributed by atoms with van der Waals surface area (Å²) in [7, 11) is 0. The molecule has 0 unspecified atom stereocenters. The quantitative estimate of drug-likeness (QED) is 0.553. The minimum absolute atomic E-state index is 0.0181. The normalized spacial score (nSPS) is 18.4. The molecule has 3 aromatic heterocycles. The van der Waals surface area contributed by atoms with Crippen molar-refractivity contribution in [2.75, 3.05) is 31.1 Å². The molecule has 3 aromatic rings. The number of aromatic nitrogens is 4. The molecule has 1 aliphatic carbocycles. The highest BCUT2D eigenvalue weighted by Crippen LogP contribution is 2.37. The first-order valence-electron chi connectivity index (χ1n) is 11.8. The fourth-order valence-electron chi connectivity index (χ4n) is 4.55. The minimum Gasteiger partial charge on any atom is -0.366 e. The molecule has 1 amide bonds. The number of alkyl halides is 2. The van der Waals surface area contributed by atoms with Crippen molar-refractivity contribution in [1.82, 2.24) is 30.2 Å². The van der Waals surface area contributed by atoms with Gasteiger partial charge in [0.25, 0.3) is 17.4 Å². The molecule has 2 N–H and O–H groups in total. The van der Waals surface area contributed by atoms with Crippen LogP contribution in [0.15, 0.2) is 35.5 Å². The van der Waals surface area contributed by atoms with Gasteiger partial charge in [-0.1, -0.05) is 6.92 Å². The number of halogens is 2. The van der Waals surface area contributed by atoms with Gasteiger partial charge in [-0.15, -0.1) is 0 Å². The molecule has 1 saturated carbocycles. The van der Waals surface area contributed by atoms with Gasteiger partial charge in [0.05, 0.1) is 29.1 Å². The number of carbonyl (C=O) groups is 1.